The molecule has 0 bridgehead atoms. The van der Waals surface area contributed by atoms with Crippen LogP contribution in [-0.4, -0.2) is 9.38 Å². The summed E-state index contributed by atoms with van der Waals surface area (Å²) < 4.78 is 20.4. The van der Waals surface area contributed by atoms with E-state index in [1.807, 2.05) is 10.5 Å². The highest BCUT2D eigenvalue weighted by molar-refractivity contribution is 5.48. The van der Waals surface area contributed by atoms with Gasteiger partial charge in [-0.05, 0) is 24.3 Å². The first-order valence-electron chi connectivity index (χ1n) is 5.82. The molecule has 3 rings (SSSR count). The minimum Gasteiger partial charge on any atom is -0.487 e. The standard InChI is InChI=1S/C14H12FN3O/c15-10-2-1-3-13(6-10)19-9-12-7-17-14-5-4-11(16)8-18(12)14/h1-8H,9,16H2. The first-order chi connectivity index (χ1) is 9.22. The normalized spacial score (nSPS) is 10.8. The van der Waals surface area contributed by atoms with Crippen molar-refractivity contribution in [1.29, 1.82) is 0 Å². The zero-order valence-electron chi connectivity index (χ0n) is 10.1. The third kappa shape index (κ3) is 2.35. The Morgan fingerprint density at radius 1 is 1.26 bits per heavy atom. The monoisotopic (exact) mass is 257 g/mol. The lowest BCUT2D eigenvalue weighted by Crippen LogP contribution is -2.00. The van der Waals surface area contributed by atoms with Gasteiger partial charge in [-0.15, -0.1) is 0 Å². The van der Waals surface area contributed by atoms with Gasteiger partial charge < -0.3 is 10.5 Å². The molecule has 2 heterocycles. The molecule has 3 aromatic rings. The molecule has 0 radical (unpaired) electrons. The number of pyridine rings is 1. The lowest BCUT2D eigenvalue weighted by atomic mass is 10.3. The molecule has 19 heavy (non-hydrogen) atoms. The zero-order valence-corrected chi connectivity index (χ0v) is 10.1. The number of anilines is 1. The Morgan fingerprint density at radius 2 is 2.16 bits per heavy atom. The molecule has 0 atom stereocenters. The van der Waals surface area contributed by atoms with E-state index in [-0.39, 0.29) is 5.82 Å². The Balaban J connectivity index is 1.84. The maximum absolute atomic E-state index is 13.0. The van der Waals surface area contributed by atoms with Gasteiger partial charge >= 0.3 is 0 Å². The number of hydrogen-bond donors (Lipinski definition) is 1. The summed E-state index contributed by atoms with van der Waals surface area (Å²) >= 11 is 0. The number of nitrogens with zero attached hydrogens (tertiary/aromatic N) is 2. The van der Waals surface area contributed by atoms with Crippen molar-refractivity contribution in [2.75, 3.05) is 5.73 Å². The van der Waals surface area contributed by atoms with Gasteiger partial charge in [0.15, 0.2) is 0 Å². The number of nitrogen functional groups attached to an aromatic ring is 1. The van der Waals surface area contributed by atoms with Crippen LogP contribution in [0.4, 0.5) is 10.1 Å². The van der Waals surface area contributed by atoms with Crippen LogP contribution < -0.4 is 10.5 Å². The van der Waals surface area contributed by atoms with Gasteiger partial charge in [-0.25, -0.2) is 9.37 Å². The SMILES string of the molecule is Nc1ccc2ncc(COc3cccc(F)c3)n2c1. The van der Waals surface area contributed by atoms with E-state index in [0.29, 0.717) is 18.0 Å². The Bertz CT molecular complexity index is 724. The van der Waals surface area contributed by atoms with Crippen molar-refractivity contribution >= 4 is 11.3 Å². The van der Waals surface area contributed by atoms with Crippen LogP contribution in [0, 0.1) is 5.82 Å². The maximum atomic E-state index is 13.0. The number of aromatic nitrogens is 2. The summed E-state index contributed by atoms with van der Waals surface area (Å²) in [6.07, 6.45) is 3.50. The largest absolute Gasteiger partial charge is 0.487 e. The van der Waals surface area contributed by atoms with Gasteiger partial charge in [0.1, 0.15) is 23.8 Å². The Labute approximate surface area is 109 Å². The molecular weight excluding hydrogens is 245 g/mol. The summed E-state index contributed by atoms with van der Waals surface area (Å²) in [7, 11) is 0. The number of imidazole rings is 1. The molecule has 2 N–H and O–H groups in total. The summed E-state index contributed by atoms with van der Waals surface area (Å²) in [6, 6.07) is 9.66. The van der Waals surface area contributed by atoms with E-state index in [1.165, 1.54) is 12.1 Å². The number of halogens is 1. The van der Waals surface area contributed by atoms with Crippen molar-refractivity contribution in [3.63, 3.8) is 0 Å². The zero-order chi connectivity index (χ0) is 13.2. The number of rotatable bonds is 3. The molecule has 0 amide bonds. The van der Waals surface area contributed by atoms with Gasteiger partial charge in [-0.1, -0.05) is 6.07 Å². The quantitative estimate of drug-likeness (QED) is 0.784. The van der Waals surface area contributed by atoms with E-state index in [4.69, 9.17) is 10.5 Å². The van der Waals surface area contributed by atoms with Gasteiger partial charge in [0.25, 0.3) is 0 Å². The molecule has 4 nitrogen and oxygen atoms in total. The van der Waals surface area contributed by atoms with E-state index < -0.39 is 0 Å². The van der Waals surface area contributed by atoms with Gasteiger partial charge in [0.05, 0.1) is 11.9 Å². The molecule has 0 fully saturated rings. The van der Waals surface area contributed by atoms with E-state index in [2.05, 4.69) is 4.98 Å². The number of ether oxygens (including phenoxy) is 1. The smallest absolute Gasteiger partial charge is 0.137 e. The van der Waals surface area contributed by atoms with Gasteiger partial charge in [-0.3, -0.25) is 4.40 Å². The fourth-order valence-corrected chi connectivity index (χ4v) is 1.87. The van der Waals surface area contributed by atoms with Crippen LogP contribution in [0.3, 0.4) is 0 Å². The maximum Gasteiger partial charge on any atom is 0.137 e. The second kappa shape index (κ2) is 4.61. The average molecular weight is 257 g/mol. The minimum absolute atomic E-state index is 0.300. The number of fused-ring (bicyclic) bond motifs is 1. The molecular formula is C14H12FN3O. The van der Waals surface area contributed by atoms with E-state index in [9.17, 15) is 4.39 Å². The highest BCUT2D eigenvalue weighted by Crippen LogP contribution is 2.15. The third-order valence-electron chi connectivity index (χ3n) is 2.79. The summed E-state index contributed by atoms with van der Waals surface area (Å²) in [5.74, 6) is 0.165. The summed E-state index contributed by atoms with van der Waals surface area (Å²) in [5, 5.41) is 0. The van der Waals surface area contributed by atoms with Crippen molar-refractivity contribution in [1.82, 2.24) is 9.38 Å². The summed E-state index contributed by atoms with van der Waals surface area (Å²) in [4.78, 5) is 4.24. The van der Waals surface area contributed by atoms with Crippen LogP contribution >= 0.6 is 0 Å². The molecule has 5 heteroatoms. The van der Waals surface area contributed by atoms with Gasteiger partial charge in [0, 0.05) is 18.0 Å². The molecule has 96 valence electrons. The lowest BCUT2D eigenvalue weighted by Gasteiger charge is -2.06. The Hall–Kier alpha value is -2.56. The molecule has 0 spiro atoms. The van der Waals surface area contributed by atoms with Gasteiger partial charge in [-0.2, -0.15) is 0 Å². The minimum atomic E-state index is -0.320. The lowest BCUT2D eigenvalue weighted by molar-refractivity contribution is 0.299. The van der Waals surface area contributed by atoms with Crippen LogP contribution in [0.2, 0.25) is 0 Å². The third-order valence-corrected chi connectivity index (χ3v) is 2.79. The number of hydrogen-bond acceptors (Lipinski definition) is 3. The van der Waals surface area contributed by atoms with E-state index >= 15 is 0 Å². The average Bonchev–Trinajstić information content (AvgIpc) is 2.79. The number of benzene rings is 1. The molecule has 0 aliphatic carbocycles. The van der Waals surface area contributed by atoms with E-state index in [0.717, 1.165) is 11.3 Å². The molecule has 0 saturated carbocycles. The molecule has 0 unspecified atom stereocenters. The molecule has 1 aromatic carbocycles. The highest BCUT2D eigenvalue weighted by atomic mass is 19.1. The second-order valence-corrected chi connectivity index (χ2v) is 4.19. The van der Waals surface area contributed by atoms with Crippen LogP contribution in [-0.2, 0) is 6.61 Å². The molecule has 0 saturated heterocycles. The van der Waals surface area contributed by atoms with Crippen molar-refractivity contribution in [2.24, 2.45) is 0 Å². The van der Waals surface area contributed by atoms with E-state index in [1.54, 1.807) is 30.6 Å². The molecule has 0 aliphatic rings. The Kier molecular flexibility index (Phi) is 2.79. The molecule has 0 aliphatic heterocycles. The fraction of sp³-hybridized carbons (Fsp3) is 0.0714. The first-order valence-corrected chi connectivity index (χ1v) is 5.82. The van der Waals surface area contributed by atoms with Crippen molar-refractivity contribution in [3.05, 3.63) is 60.3 Å². The predicted octanol–water partition coefficient (Wildman–Crippen LogP) is 2.63. The molecule has 2 aromatic heterocycles. The van der Waals surface area contributed by atoms with Crippen molar-refractivity contribution < 1.29 is 9.13 Å². The Morgan fingerprint density at radius 3 is 3.00 bits per heavy atom. The van der Waals surface area contributed by atoms with Gasteiger partial charge in [0.2, 0.25) is 0 Å². The predicted molar refractivity (Wildman–Crippen MR) is 70.3 cm³/mol. The van der Waals surface area contributed by atoms with Crippen LogP contribution in [0.15, 0.2) is 48.8 Å². The van der Waals surface area contributed by atoms with Crippen LogP contribution in [0.25, 0.3) is 5.65 Å². The van der Waals surface area contributed by atoms with Crippen LogP contribution in [0.5, 0.6) is 5.75 Å². The number of nitrogens with two attached hydrogens (primary N) is 1. The highest BCUT2D eigenvalue weighted by Gasteiger charge is 2.04. The first kappa shape index (κ1) is 11.5. The van der Waals surface area contributed by atoms with Crippen LogP contribution in [0.1, 0.15) is 5.69 Å². The second-order valence-electron chi connectivity index (χ2n) is 4.19. The van der Waals surface area contributed by atoms with Crippen molar-refractivity contribution in [2.45, 2.75) is 6.61 Å². The topological polar surface area (TPSA) is 52.5 Å². The summed E-state index contributed by atoms with van der Waals surface area (Å²) in [5.41, 5.74) is 8.04. The fourth-order valence-electron chi connectivity index (χ4n) is 1.87. The summed E-state index contributed by atoms with van der Waals surface area (Å²) in [6.45, 7) is 0.300. The van der Waals surface area contributed by atoms with Crippen molar-refractivity contribution in [3.8, 4) is 5.75 Å².